The van der Waals surface area contributed by atoms with Crippen molar-refractivity contribution in [3.05, 3.63) is 71.0 Å². The van der Waals surface area contributed by atoms with Crippen LogP contribution in [-0.4, -0.2) is 0 Å². The molecule has 2 heteroatoms. The molecule has 3 aromatic rings. The van der Waals surface area contributed by atoms with Gasteiger partial charge in [-0.3, -0.25) is 0 Å². The van der Waals surface area contributed by atoms with Crippen LogP contribution in [0, 0.1) is 11.3 Å². The zero-order valence-corrected chi connectivity index (χ0v) is 11.7. The fraction of sp³-hybridized carbons (Fsp3) is 0.211. The summed E-state index contributed by atoms with van der Waals surface area (Å²) in [5, 5.41) is 10.4. The summed E-state index contributed by atoms with van der Waals surface area (Å²) in [5.41, 5.74) is 4.53. The van der Waals surface area contributed by atoms with Crippen molar-refractivity contribution in [3.8, 4) is 6.07 Å². The van der Waals surface area contributed by atoms with Gasteiger partial charge in [0, 0.05) is 10.9 Å². The SMILES string of the molecule is N#Cc1oc2ccc(Cc3ccccc3)cc2c1C1CC1. The molecule has 1 fully saturated rings. The van der Waals surface area contributed by atoms with Gasteiger partial charge in [-0.25, -0.2) is 0 Å². The summed E-state index contributed by atoms with van der Waals surface area (Å²) in [6.45, 7) is 0. The lowest BCUT2D eigenvalue weighted by Crippen LogP contribution is -1.88. The van der Waals surface area contributed by atoms with Gasteiger partial charge in [0.05, 0.1) is 0 Å². The Morgan fingerprint density at radius 1 is 1.05 bits per heavy atom. The van der Waals surface area contributed by atoms with E-state index in [1.54, 1.807) is 0 Å². The fourth-order valence-corrected chi connectivity index (χ4v) is 2.97. The van der Waals surface area contributed by atoms with Crippen molar-refractivity contribution >= 4 is 11.0 Å². The lowest BCUT2D eigenvalue weighted by Gasteiger charge is -2.02. The van der Waals surface area contributed by atoms with Crippen LogP contribution in [0.1, 0.15) is 41.2 Å². The van der Waals surface area contributed by atoms with E-state index in [1.807, 2.05) is 12.1 Å². The first kappa shape index (κ1) is 12.2. The second kappa shape index (κ2) is 4.79. The summed E-state index contributed by atoms with van der Waals surface area (Å²) < 4.78 is 5.69. The molecule has 0 aliphatic heterocycles. The highest BCUT2D eigenvalue weighted by Crippen LogP contribution is 2.46. The molecule has 21 heavy (non-hydrogen) atoms. The average Bonchev–Trinajstić information content (AvgIpc) is 3.29. The first-order chi connectivity index (χ1) is 10.3. The van der Waals surface area contributed by atoms with E-state index < -0.39 is 0 Å². The normalized spacial score (nSPS) is 14.2. The Morgan fingerprint density at radius 2 is 1.86 bits per heavy atom. The molecule has 2 nitrogen and oxygen atoms in total. The molecule has 0 amide bonds. The summed E-state index contributed by atoms with van der Waals surface area (Å²) >= 11 is 0. The van der Waals surface area contributed by atoms with Gasteiger partial charge in [0.2, 0.25) is 5.76 Å². The van der Waals surface area contributed by atoms with Crippen LogP contribution in [0.2, 0.25) is 0 Å². The number of hydrogen-bond donors (Lipinski definition) is 0. The molecule has 0 atom stereocenters. The molecule has 1 aliphatic carbocycles. The van der Waals surface area contributed by atoms with Crippen molar-refractivity contribution in [2.24, 2.45) is 0 Å². The second-order valence-electron chi connectivity index (χ2n) is 5.72. The van der Waals surface area contributed by atoms with Gasteiger partial charge in [-0.15, -0.1) is 0 Å². The number of nitriles is 1. The Balaban J connectivity index is 1.78. The van der Waals surface area contributed by atoms with E-state index in [-0.39, 0.29) is 0 Å². The Kier molecular flexibility index (Phi) is 2.79. The standard InChI is InChI=1S/C19H15NO/c20-12-18-19(15-7-8-15)16-11-14(6-9-17(16)21-18)10-13-4-2-1-3-5-13/h1-6,9,11,15H,7-8,10H2. The van der Waals surface area contributed by atoms with Gasteiger partial charge < -0.3 is 4.42 Å². The smallest absolute Gasteiger partial charge is 0.208 e. The predicted octanol–water partition coefficient (Wildman–Crippen LogP) is 4.77. The van der Waals surface area contributed by atoms with Crippen LogP contribution in [-0.2, 0) is 6.42 Å². The first-order valence-electron chi connectivity index (χ1n) is 7.34. The number of nitrogens with zero attached hydrogens (tertiary/aromatic N) is 1. The molecule has 0 radical (unpaired) electrons. The third-order valence-corrected chi connectivity index (χ3v) is 4.13. The second-order valence-corrected chi connectivity index (χ2v) is 5.72. The van der Waals surface area contributed by atoms with Gasteiger partial charge in [-0.2, -0.15) is 5.26 Å². The van der Waals surface area contributed by atoms with Crippen LogP contribution in [0.4, 0.5) is 0 Å². The monoisotopic (exact) mass is 273 g/mol. The highest BCUT2D eigenvalue weighted by atomic mass is 16.3. The third kappa shape index (κ3) is 2.21. The van der Waals surface area contributed by atoms with E-state index in [0.29, 0.717) is 11.7 Å². The quantitative estimate of drug-likeness (QED) is 0.689. The average molecular weight is 273 g/mol. The van der Waals surface area contributed by atoms with Crippen molar-refractivity contribution in [2.45, 2.75) is 25.2 Å². The largest absolute Gasteiger partial charge is 0.445 e. The van der Waals surface area contributed by atoms with Gasteiger partial charge in [0.15, 0.2) is 0 Å². The van der Waals surface area contributed by atoms with Crippen molar-refractivity contribution in [2.75, 3.05) is 0 Å². The molecule has 2 aromatic carbocycles. The Labute approximate surface area is 123 Å². The molecule has 0 spiro atoms. The van der Waals surface area contributed by atoms with E-state index in [1.165, 1.54) is 24.0 Å². The number of fused-ring (bicyclic) bond motifs is 1. The first-order valence-corrected chi connectivity index (χ1v) is 7.34. The number of benzene rings is 2. The van der Waals surface area contributed by atoms with E-state index in [2.05, 4.69) is 42.5 Å². The molecule has 0 N–H and O–H groups in total. The summed E-state index contributed by atoms with van der Waals surface area (Å²) in [6.07, 6.45) is 3.26. The molecular formula is C19H15NO. The lowest BCUT2D eigenvalue weighted by molar-refractivity contribution is 0.593. The van der Waals surface area contributed by atoms with Gasteiger partial charge in [-0.1, -0.05) is 36.4 Å². The van der Waals surface area contributed by atoms with Crippen LogP contribution >= 0.6 is 0 Å². The molecular weight excluding hydrogens is 258 g/mol. The van der Waals surface area contributed by atoms with Gasteiger partial charge in [-0.05, 0) is 48.4 Å². The molecule has 0 saturated heterocycles. The molecule has 4 rings (SSSR count). The number of furan rings is 1. The van der Waals surface area contributed by atoms with Crippen molar-refractivity contribution in [3.63, 3.8) is 0 Å². The number of hydrogen-bond acceptors (Lipinski definition) is 2. The highest BCUT2D eigenvalue weighted by molar-refractivity contribution is 5.85. The Bertz CT molecular complexity index is 835. The summed E-state index contributed by atoms with van der Waals surface area (Å²) in [7, 11) is 0. The molecule has 102 valence electrons. The fourth-order valence-electron chi connectivity index (χ4n) is 2.97. The van der Waals surface area contributed by atoms with Crippen molar-refractivity contribution < 1.29 is 4.42 Å². The molecule has 1 aromatic heterocycles. The predicted molar refractivity (Wildman–Crippen MR) is 82.2 cm³/mol. The maximum Gasteiger partial charge on any atom is 0.208 e. The van der Waals surface area contributed by atoms with Crippen LogP contribution in [0.5, 0.6) is 0 Å². The summed E-state index contributed by atoms with van der Waals surface area (Å²) in [5.74, 6) is 1.03. The van der Waals surface area contributed by atoms with Crippen LogP contribution < -0.4 is 0 Å². The third-order valence-electron chi connectivity index (χ3n) is 4.13. The minimum atomic E-state index is 0.504. The van der Waals surface area contributed by atoms with Gasteiger partial charge in [0.25, 0.3) is 0 Å². The zero-order chi connectivity index (χ0) is 14.2. The van der Waals surface area contributed by atoms with Gasteiger partial charge in [0.1, 0.15) is 11.7 Å². The van der Waals surface area contributed by atoms with Crippen molar-refractivity contribution in [1.29, 1.82) is 5.26 Å². The van der Waals surface area contributed by atoms with Crippen LogP contribution in [0.15, 0.2) is 52.9 Å². The maximum atomic E-state index is 9.26. The lowest BCUT2D eigenvalue weighted by atomic mass is 10.0. The van der Waals surface area contributed by atoms with E-state index in [4.69, 9.17) is 4.42 Å². The van der Waals surface area contributed by atoms with Crippen LogP contribution in [0.3, 0.4) is 0 Å². The van der Waals surface area contributed by atoms with Crippen molar-refractivity contribution in [1.82, 2.24) is 0 Å². The van der Waals surface area contributed by atoms with E-state index in [9.17, 15) is 5.26 Å². The molecule has 0 unspecified atom stereocenters. The topological polar surface area (TPSA) is 36.9 Å². The zero-order valence-electron chi connectivity index (χ0n) is 11.7. The summed E-state index contributed by atoms with van der Waals surface area (Å²) in [4.78, 5) is 0. The van der Waals surface area contributed by atoms with Gasteiger partial charge >= 0.3 is 0 Å². The minimum Gasteiger partial charge on any atom is -0.445 e. The van der Waals surface area contributed by atoms with Crippen LogP contribution in [0.25, 0.3) is 11.0 Å². The Hall–Kier alpha value is -2.53. The molecule has 1 saturated carbocycles. The molecule has 1 heterocycles. The number of rotatable bonds is 3. The van der Waals surface area contributed by atoms with E-state index >= 15 is 0 Å². The maximum absolute atomic E-state index is 9.26. The molecule has 0 bridgehead atoms. The Morgan fingerprint density at radius 3 is 2.57 bits per heavy atom. The highest BCUT2D eigenvalue weighted by Gasteiger charge is 2.31. The molecule has 1 aliphatic rings. The van der Waals surface area contributed by atoms with E-state index in [0.717, 1.165) is 23.0 Å². The summed E-state index contributed by atoms with van der Waals surface area (Å²) in [6, 6.07) is 18.9. The minimum absolute atomic E-state index is 0.504.